The molecule has 1 fully saturated rings. The lowest BCUT2D eigenvalue weighted by molar-refractivity contribution is -0.119. The van der Waals surface area contributed by atoms with Gasteiger partial charge in [0.1, 0.15) is 11.0 Å². The molecule has 0 aromatic carbocycles. The molecule has 1 aromatic heterocycles. The van der Waals surface area contributed by atoms with Crippen molar-refractivity contribution < 1.29 is 4.79 Å². The second-order valence-corrected chi connectivity index (χ2v) is 5.11. The van der Waals surface area contributed by atoms with Crippen LogP contribution in [0.2, 0.25) is 10.4 Å². The Bertz CT molecular complexity index is 434. The summed E-state index contributed by atoms with van der Waals surface area (Å²) >= 11 is 11.4. The molecule has 2 heterocycles. The third-order valence-corrected chi connectivity index (χ3v) is 3.33. The van der Waals surface area contributed by atoms with E-state index in [9.17, 15) is 4.79 Å². The molecule has 98 valence electrons. The predicted molar refractivity (Wildman–Crippen MR) is 70.9 cm³/mol. The van der Waals surface area contributed by atoms with E-state index in [-0.39, 0.29) is 22.4 Å². The van der Waals surface area contributed by atoms with Crippen LogP contribution in [0.25, 0.3) is 0 Å². The number of amides is 1. The summed E-state index contributed by atoms with van der Waals surface area (Å²) in [5.41, 5.74) is 0. The van der Waals surface area contributed by atoms with Gasteiger partial charge in [-0.25, -0.2) is 9.97 Å². The second-order valence-electron chi connectivity index (χ2n) is 4.39. The fraction of sp³-hybridized carbons (Fsp3) is 0.545. The van der Waals surface area contributed by atoms with Crippen LogP contribution >= 0.6 is 23.2 Å². The fourth-order valence-corrected chi connectivity index (χ4v) is 2.47. The van der Waals surface area contributed by atoms with Crippen molar-refractivity contribution in [2.45, 2.75) is 25.8 Å². The number of carbonyl (C=O) groups is 1. The average molecular weight is 289 g/mol. The summed E-state index contributed by atoms with van der Waals surface area (Å²) in [4.78, 5) is 19.7. The Hall–Kier alpha value is -0.910. The Morgan fingerprint density at radius 2 is 2.28 bits per heavy atom. The van der Waals surface area contributed by atoms with E-state index >= 15 is 0 Å². The molecule has 2 rings (SSSR count). The van der Waals surface area contributed by atoms with Crippen LogP contribution in [0.15, 0.2) is 6.07 Å². The number of hydrogen-bond donors (Lipinski definition) is 2. The van der Waals surface area contributed by atoms with Crippen molar-refractivity contribution in [3.63, 3.8) is 0 Å². The Morgan fingerprint density at radius 1 is 1.50 bits per heavy atom. The van der Waals surface area contributed by atoms with Gasteiger partial charge < -0.3 is 10.6 Å². The van der Waals surface area contributed by atoms with E-state index in [1.165, 1.54) is 6.07 Å². The molecule has 2 N–H and O–H groups in total. The Morgan fingerprint density at radius 3 is 2.94 bits per heavy atom. The molecule has 7 heteroatoms. The SMILES string of the molecule is CC1CCCNC1C(=O)Nc1cc(Cl)nc(Cl)n1. The zero-order chi connectivity index (χ0) is 13.1. The summed E-state index contributed by atoms with van der Waals surface area (Å²) in [7, 11) is 0. The fourth-order valence-electron chi connectivity index (χ4n) is 2.06. The second kappa shape index (κ2) is 5.82. The lowest BCUT2D eigenvalue weighted by Gasteiger charge is -2.28. The summed E-state index contributed by atoms with van der Waals surface area (Å²) < 4.78 is 0. The van der Waals surface area contributed by atoms with Crippen molar-refractivity contribution in [3.05, 3.63) is 16.5 Å². The molecule has 1 amide bonds. The van der Waals surface area contributed by atoms with E-state index < -0.39 is 0 Å². The maximum absolute atomic E-state index is 12.1. The van der Waals surface area contributed by atoms with Gasteiger partial charge in [-0.3, -0.25) is 4.79 Å². The number of rotatable bonds is 2. The monoisotopic (exact) mass is 288 g/mol. The van der Waals surface area contributed by atoms with Gasteiger partial charge in [-0.15, -0.1) is 0 Å². The van der Waals surface area contributed by atoms with Gasteiger partial charge in [-0.05, 0) is 36.9 Å². The predicted octanol–water partition coefficient (Wildman–Crippen LogP) is 2.11. The molecule has 0 spiro atoms. The molecule has 0 bridgehead atoms. The Balaban J connectivity index is 2.06. The smallest absolute Gasteiger partial charge is 0.242 e. The van der Waals surface area contributed by atoms with Crippen LogP contribution in [-0.2, 0) is 4.79 Å². The molecule has 1 aromatic rings. The van der Waals surface area contributed by atoms with Gasteiger partial charge in [0.05, 0.1) is 6.04 Å². The molecule has 1 aliphatic rings. The van der Waals surface area contributed by atoms with E-state index in [4.69, 9.17) is 23.2 Å². The van der Waals surface area contributed by atoms with Crippen LogP contribution in [0.3, 0.4) is 0 Å². The molecule has 1 saturated heterocycles. The van der Waals surface area contributed by atoms with Gasteiger partial charge in [0.25, 0.3) is 0 Å². The number of nitrogens with one attached hydrogen (secondary N) is 2. The van der Waals surface area contributed by atoms with Crippen LogP contribution in [0.5, 0.6) is 0 Å². The first kappa shape index (κ1) is 13.5. The van der Waals surface area contributed by atoms with Crippen LogP contribution in [0.1, 0.15) is 19.8 Å². The molecule has 18 heavy (non-hydrogen) atoms. The number of carbonyl (C=O) groups excluding carboxylic acids is 1. The van der Waals surface area contributed by atoms with Crippen LogP contribution in [0.4, 0.5) is 5.82 Å². The van der Waals surface area contributed by atoms with Crippen molar-refractivity contribution in [1.82, 2.24) is 15.3 Å². The number of nitrogens with zero attached hydrogens (tertiary/aromatic N) is 2. The van der Waals surface area contributed by atoms with Gasteiger partial charge in [0, 0.05) is 6.07 Å². The van der Waals surface area contributed by atoms with Gasteiger partial charge in [0.15, 0.2) is 0 Å². The topological polar surface area (TPSA) is 66.9 Å². The number of aromatic nitrogens is 2. The lowest BCUT2D eigenvalue weighted by atomic mass is 9.92. The maximum atomic E-state index is 12.1. The van der Waals surface area contributed by atoms with E-state index in [1.54, 1.807) is 0 Å². The molecule has 1 aliphatic heterocycles. The summed E-state index contributed by atoms with van der Waals surface area (Å²) in [5, 5.41) is 6.12. The zero-order valence-corrected chi connectivity index (χ0v) is 11.4. The highest BCUT2D eigenvalue weighted by Crippen LogP contribution is 2.18. The first-order valence-corrected chi connectivity index (χ1v) is 6.56. The molecule has 2 unspecified atom stereocenters. The Kier molecular flexibility index (Phi) is 4.37. The normalized spacial score (nSPS) is 23.7. The molecule has 2 atom stereocenters. The highest BCUT2D eigenvalue weighted by molar-refractivity contribution is 6.32. The average Bonchev–Trinajstić information content (AvgIpc) is 2.27. The van der Waals surface area contributed by atoms with E-state index in [2.05, 4.69) is 27.5 Å². The maximum Gasteiger partial charge on any atom is 0.242 e. The zero-order valence-electron chi connectivity index (χ0n) is 9.91. The van der Waals surface area contributed by atoms with Gasteiger partial charge >= 0.3 is 0 Å². The first-order valence-electron chi connectivity index (χ1n) is 5.80. The number of anilines is 1. The van der Waals surface area contributed by atoms with E-state index in [0.29, 0.717) is 11.7 Å². The van der Waals surface area contributed by atoms with Gasteiger partial charge in [-0.2, -0.15) is 0 Å². The van der Waals surface area contributed by atoms with Crippen molar-refractivity contribution in [2.75, 3.05) is 11.9 Å². The summed E-state index contributed by atoms with van der Waals surface area (Å²) in [6, 6.07) is 1.27. The molecule has 5 nitrogen and oxygen atoms in total. The van der Waals surface area contributed by atoms with Crippen LogP contribution in [-0.4, -0.2) is 28.5 Å². The highest BCUT2D eigenvalue weighted by atomic mass is 35.5. The number of hydrogen-bond acceptors (Lipinski definition) is 4. The third-order valence-electron chi connectivity index (χ3n) is 2.97. The van der Waals surface area contributed by atoms with Crippen molar-refractivity contribution in [3.8, 4) is 0 Å². The standard InChI is InChI=1S/C11H14Cl2N4O/c1-6-3-2-4-14-9(6)10(18)16-8-5-7(12)15-11(13)17-8/h5-6,9,14H,2-4H2,1H3,(H,15,16,17,18). The van der Waals surface area contributed by atoms with Gasteiger partial charge in [0.2, 0.25) is 11.2 Å². The number of halogens is 2. The quantitative estimate of drug-likeness (QED) is 0.646. The largest absolute Gasteiger partial charge is 0.309 e. The van der Waals surface area contributed by atoms with Crippen molar-refractivity contribution in [1.29, 1.82) is 0 Å². The lowest BCUT2D eigenvalue weighted by Crippen LogP contribution is -2.48. The Labute approximate surface area is 115 Å². The van der Waals surface area contributed by atoms with Crippen molar-refractivity contribution in [2.24, 2.45) is 5.92 Å². The highest BCUT2D eigenvalue weighted by Gasteiger charge is 2.27. The minimum absolute atomic E-state index is 0.0162. The molecular weight excluding hydrogens is 275 g/mol. The molecule has 0 radical (unpaired) electrons. The number of piperidine rings is 1. The first-order chi connectivity index (χ1) is 8.56. The van der Waals surface area contributed by atoms with Crippen LogP contribution < -0.4 is 10.6 Å². The summed E-state index contributed by atoms with van der Waals surface area (Å²) in [6.07, 6.45) is 2.13. The minimum atomic E-state index is -0.203. The van der Waals surface area contributed by atoms with E-state index in [0.717, 1.165) is 19.4 Å². The summed E-state index contributed by atoms with van der Waals surface area (Å²) in [6.45, 7) is 2.91. The van der Waals surface area contributed by atoms with Crippen molar-refractivity contribution >= 4 is 34.9 Å². The molecular formula is C11H14Cl2N4O. The summed E-state index contributed by atoms with van der Waals surface area (Å²) in [5.74, 6) is 0.504. The van der Waals surface area contributed by atoms with E-state index in [1.807, 2.05) is 0 Å². The molecule has 0 aliphatic carbocycles. The minimum Gasteiger partial charge on any atom is -0.309 e. The third kappa shape index (κ3) is 3.31. The molecule has 0 saturated carbocycles. The van der Waals surface area contributed by atoms with Crippen LogP contribution in [0, 0.1) is 5.92 Å². The van der Waals surface area contributed by atoms with Gasteiger partial charge in [-0.1, -0.05) is 18.5 Å².